The number of hydrogen-bond acceptors (Lipinski definition) is 3. The van der Waals surface area contributed by atoms with Crippen molar-refractivity contribution in [1.29, 1.82) is 0 Å². The summed E-state index contributed by atoms with van der Waals surface area (Å²) in [7, 11) is 0. The molecular formula is C9H8I3NO3. The van der Waals surface area contributed by atoms with E-state index in [9.17, 15) is 15.0 Å². The maximum Gasteiger partial charge on any atom is 0.221 e. The number of aliphatic hydroxyl groups is 2. The minimum absolute atomic E-state index is 0.185. The Hall–Kier alpha value is 0.800. The summed E-state index contributed by atoms with van der Waals surface area (Å²) in [5.41, 5.74) is 1.04. The van der Waals surface area contributed by atoms with E-state index in [2.05, 4.69) is 27.9 Å². The van der Waals surface area contributed by atoms with Crippen LogP contribution in [0.15, 0.2) is 6.07 Å². The van der Waals surface area contributed by atoms with Crippen LogP contribution in [0.1, 0.15) is 18.8 Å². The lowest BCUT2D eigenvalue weighted by Crippen LogP contribution is -2.12. The highest BCUT2D eigenvalue weighted by atomic mass is 127. The molecule has 0 aromatic heterocycles. The lowest BCUT2D eigenvalue weighted by molar-refractivity contribution is -0.114. The van der Waals surface area contributed by atoms with Gasteiger partial charge < -0.3 is 15.5 Å². The van der Waals surface area contributed by atoms with Gasteiger partial charge in [-0.25, -0.2) is 0 Å². The Morgan fingerprint density at radius 2 is 1.88 bits per heavy atom. The Morgan fingerprint density at radius 1 is 1.31 bits per heavy atom. The smallest absolute Gasteiger partial charge is 0.221 e. The molecule has 0 radical (unpaired) electrons. The number of nitrogens with one attached hydrogen (secondary N) is 1. The number of halogens is 3. The summed E-state index contributed by atoms with van der Waals surface area (Å²) in [6, 6.07) is 1.79. The van der Waals surface area contributed by atoms with E-state index in [0.29, 0.717) is 14.8 Å². The van der Waals surface area contributed by atoms with Gasteiger partial charge >= 0.3 is 0 Å². The largest absolute Gasteiger partial charge is 0.364 e. The average Bonchev–Trinajstić information content (AvgIpc) is 2.10. The number of benzene rings is 1. The molecule has 0 fully saturated rings. The Morgan fingerprint density at radius 3 is 2.31 bits per heavy atom. The molecule has 0 aliphatic carbocycles. The summed E-state index contributed by atoms with van der Waals surface area (Å²) < 4.78 is 2.28. The van der Waals surface area contributed by atoms with E-state index in [1.54, 1.807) is 6.07 Å². The molecule has 16 heavy (non-hydrogen) atoms. The molecule has 0 heterocycles. The summed E-state index contributed by atoms with van der Waals surface area (Å²) in [4.78, 5) is 11.0. The zero-order chi connectivity index (χ0) is 12.5. The number of anilines is 1. The number of rotatable bonds is 2. The fourth-order valence-electron chi connectivity index (χ4n) is 1.13. The lowest BCUT2D eigenvalue weighted by Gasteiger charge is -2.15. The van der Waals surface area contributed by atoms with Crippen molar-refractivity contribution in [2.24, 2.45) is 0 Å². The standard InChI is InChI=1S/C9H8I3NO3/c1-3(14)13-8-5(11)2-4(10)6(7(8)12)9(15)16/h2,9,15-16H,1H3,(H,13,14). The maximum atomic E-state index is 11.0. The van der Waals surface area contributed by atoms with E-state index in [-0.39, 0.29) is 5.91 Å². The van der Waals surface area contributed by atoms with Crippen LogP contribution < -0.4 is 5.32 Å². The fourth-order valence-corrected chi connectivity index (χ4v) is 5.33. The third-order valence-electron chi connectivity index (χ3n) is 1.76. The molecule has 7 heteroatoms. The van der Waals surface area contributed by atoms with Crippen molar-refractivity contribution >= 4 is 79.4 Å². The second-order valence-electron chi connectivity index (χ2n) is 3.00. The topological polar surface area (TPSA) is 69.6 Å². The van der Waals surface area contributed by atoms with Crippen molar-refractivity contribution in [2.45, 2.75) is 13.2 Å². The summed E-state index contributed by atoms with van der Waals surface area (Å²) >= 11 is 6.13. The fraction of sp³-hybridized carbons (Fsp3) is 0.222. The molecule has 1 rings (SSSR count). The van der Waals surface area contributed by atoms with Gasteiger partial charge in [-0.2, -0.15) is 0 Å². The minimum atomic E-state index is -1.54. The molecule has 0 saturated carbocycles. The van der Waals surface area contributed by atoms with Crippen molar-refractivity contribution in [3.8, 4) is 0 Å². The summed E-state index contributed by atoms with van der Waals surface area (Å²) in [5, 5.41) is 21.2. The summed E-state index contributed by atoms with van der Waals surface area (Å²) in [5.74, 6) is -0.185. The summed E-state index contributed by atoms with van der Waals surface area (Å²) in [6.07, 6.45) is -1.54. The highest BCUT2D eigenvalue weighted by Gasteiger charge is 2.18. The zero-order valence-corrected chi connectivity index (χ0v) is 14.6. The predicted molar refractivity (Wildman–Crippen MR) is 86.1 cm³/mol. The second-order valence-corrected chi connectivity index (χ2v) is 6.40. The molecule has 0 spiro atoms. The molecule has 0 aliphatic rings. The molecular weight excluding hydrogens is 551 g/mol. The molecule has 1 aromatic rings. The lowest BCUT2D eigenvalue weighted by atomic mass is 10.2. The van der Waals surface area contributed by atoms with Crippen LogP contribution in [0.4, 0.5) is 5.69 Å². The first kappa shape index (κ1) is 14.9. The van der Waals surface area contributed by atoms with E-state index in [4.69, 9.17) is 0 Å². The third-order valence-corrected chi connectivity index (χ3v) is 4.63. The van der Waals surface area contributed by atoms with E-state index >= 15 is 0 Å². The van der Waals surface area contributed by atoms with Crippen LogP contribution in [0, 0.1) is 10.7 Å². The maximum absolute atomic E-state index is 11.0. The Bertz CT molecular complexity index is 434. The van der Waals surface area contributed by atoms with Crippen LogP contribution in [0.25, 0.3) is 0 Å². The molecule has 3 N–H and O–H groups in total. The van der Waals surface area contributed by atoms with Crippen LogP contribution in [0.5, 0.6) is 0 Å². The summed E-state index contributed by atoms with van der Waals surface area (Å²) in [6.45, 7) is 1.42. The van der Waals surface area contributed by atoms with Gasteiger partial charge in [0.2, 0.25) is 5.91 Å². The van der Waals surface area contributed by atoms with Gasteiger partial charge in [0.15, 0.2) is 6.29 Å². The average molecular weight is 559 g/mol. The predicted octanol–water partition coefficient (Wildman–Crippen LogP) is 2.44. The normalized spacial score (nSPS) is 10.7. The van der Waals surface area contributed by atoms with Gasteiger partial charge in [0.25, 0.3) is 0 Å². The number of hydrogen-bond donors (Lipinski definition) is 3. The SMILES string of the molecule is CC(=O)Nc1c(I)cc(I)c(C(O)O)c1I. The monoisotopic (exact) mass is 559 g/mol. The van der Waals surface area contributed by atoms with Crippen molar-refractivity contribution in [3.63, 3.8) is 0 Å². The number of carbonyl (C=O) groups is 1. The molecule has 0 aliphatic heterocycles. The Balaban J connectivity index is 3.38. The number of amides is 1. The van der Waals surface area contributed by atoms with Crippen LogP contribution in [0.3, 0.4) is 0 Å². The van der Waals surface area contributed by atoms with Gasteiger partial charge in [0.05, 0.1) is 5.69 Å². The van der Waals surface area contributed by atoms with Gasteiger partial charge in [-0.1, -0.05) is 0 Å². The first-order chi connectivity index (χ1) is 7.34. The van der Waals surface area contributed by atoms with Crippen molar-refractivity contribution in [2.75, 3.05) is 5.32 Å². The van der Waals surface area contributed by atoms with Gasteiger partial charge in [0.1, 0.15) is 0 Å². The molecule has 4 nitrogen and oxygen atoms in total. The first-order valence-corrected chi connectivity index (χ1v) is 7.39. The molecule has 1 amide bonds. The van der Waals surface area contributed by atoms with Gasteiger partial charge in [-0.15, -0.1) is 0 Å². The quantitative estimate of drug-likeness (QED) is 0.386. The van der Waals surface area contributed by atoms with Gasteiger partial charge in [-0.05, 0) is 73.8 Å². The van der Waals surface area contributed by atoms with Crippen LogP contribution in [-0.2, 0) is 4.79 Å². The van der Waals surface area contributed by atoms with Crippen LogP contribution in [0.2, 0.25) is 0 Å². The molecule has 0 bridgehead atoms. The minimum Gasteiger partial charge on any atom is -0.364 e. The van der Waals surface area contributed by atoms with E-state index in [0.717, 1.165) is 7.14 Å². The van der Waals surface area contributed by atoms with Gasteiger partial charge in [0, 0.05) is 23.2 Å². The Labute approximate surface area is 134 Å². The van der Waals surface area contributed by atoms with Crippen molar-refractivity contribution in [3.05, 3.63) is 22.3 Å². The van der Waals surface area contributed by atoms with Crippen LogP contribution >= 0.6 is 67.8 Å². The van der Waals surface area contributed by atoms with Crippen molar-refractivity contribution < 1.29 is 15.0 Å². The van der Waals surface area contributed by atoms with E-state index in [1.807, 2.05) is 45.2 Å². The molecule has 1 aromatic carbocycles. The second kappa shape index (κ2) is 6.11. The number of aliphatic hydroxyl groups excluding tert-OH is 1. The molecule has 0 atom stereocenters. The Kier molecular flexibility index (Phi) is 5.67. The molecule has 88 valence electrons. The number of carbonyl (C=O) groups excluding carboxylic acids is 1. The van der Waals surface area contributed by atoms with Crippen LogP contribution in [-0.4, -0.2) is 16.1 Å². The van der Waals surface area contributed by atoms with Gasteiger partial charge in [-0.3, -0.25) is 4.79 Å². The zero-order valence-electron chi connectivity index (χ0n) is 8.09. The molecule has 0 unspecified atom stereocenters. The highest BCUT2D eigenvalue weighted by molar-refractivity contribution is 14.1. The first-order valence-electron chi connectivity index (χ1n) is 4.15. The molecule has 0 saturated heterocycles. The van der Waals surface area contributed by atoms with E-state index in [1.165, 1.54) is 6.92 Å². The third kappa shape index (κ3) is 3.40. The highest BCUT2D eigenvalue weighted by Crippen LogP contribution is 2.34. The van der Waals surface area contributed by atoms with E-state index < -0.39 is 6.29 Å². The van der Waals surface area contributed by atoms with Crippen molar-refractivity contribution in [1.82, 2.24) is 0 Å².